The van der Waals surface area contributed by atoms with Gasteiger partial charge in [-0.15, -0.1) is 0 Å². The van der Waals surface area contributed by atoms with Gasteiger partial charge in [-0.2, -0.15) is 0 Å². The molecule has 1 unspecified atom stereocenters. The number of rotatable bonds is 35. The standard InChI is InChI=1S/C38H74NO8P/c1-5-6-7-8-9-10-11-12-13-14-19-22-25-28-38(41)47-36(34-46-48(42,43)45-32-31-39(2,3)4)33-44-37(40)27-24-21-18-16-15-17-20-23-26-35-29-30-35/h35-36H,5-34H2,1-4H3/p+1/t36-/m1/s1. The summed E-state index contributed by atoms with van der Waals surface area (Å²) in [5.74, 6) is 0.245. The predicted molar refractivity (Wildman–Crippen MR) is 195 cm³/mol. The van der Waals surface area contributed by atoms with E-state index in [1.54, 1.807) is 0 Å². The Bertz CT molecular complexity index is 845. The van der Waals surface area contributed by atoms with Crippen LogP contribution in [0.1, 0.15) is 174 Å². The molecule has 48 heavy (non-hydrogen) atoms. The minimum atomic E-state index is -4.36. The lowest BCUT2D eigenvalue weighted by atomic mass is 10.0. The molecular weight excluding hydrogens is 629 g/mol. The molecule has 1 aliphatic carbocycles. The smallest absolute Gasteiger partial charge is 0.462 e. The quantitative estimate of drug-likeness (QED) is 0.0301. The van der Waals surface area contributed by atoms with E-state index in [4.69, 9.17) is 18.5 Å². The van der Waals surface area contributed by atoms with Gasteiger partial charge in [0.25, 0.3) is 0 Å². The van der Waals surface area contributed by atoms with Crippen molar-refractivity contribution in [3.63, 3.8) is 0 Å². The number of carbonyl (C=O) groups excluding carboxylic acids is 2. The van der Waals surface area contributed by atoms with E-state index in [9.17, 15) is 19.0 Å². The molecule has 1 aliphatic rings. The lowest BCUT2D eigenvalue weighted by molar-refractivity contribution is -0.870. The maximum Gasteiger partial charge on any atom is 0.472 e. The lowest BCUT2D eigenvalue weighted by Crippen LogP contribution is -2.37. The van der Waals surface area contributed by atoms with E-state index in [0.717, 1.165) is 44.4 Å². The zero-order valence-corrected chi connectivity index (χ0v) is 32.5. The van der Waals surface area contributed by atoms with Gasteiger partial charge in [0.2, 0.25) is 0 Å². The predicted octanol–water partition coefficient (Wildman–Crippen LogP) is 10.1. The Morgan fingerprint density at radius 1 is 0.667 bits per heavy atom. The molecule has 1 saturated carbocycles. The highest BCUT2D eigenvalue weighted by Gasteiger charge is 2.27. The molecule has 0 aromatic carbocycles. The van der Waals surface area contributed by atoms with Crippen LogP contribution in [0.3, 0.4) is 0 Å². The summed E-state index contributed by atoms with van der Waals surface area (Å²) in [6.07, 6.45) is 29.0. The molecule has 10 heteroatoms. The van der Waals surface area contributed by atoms with Crippen molar-refractivity contribution in [1.82, 2.24) is 0 Å². The van der Waals surface area contributed by atoms with Gasteiger partial charge in [-0.3, -0.25) is 18.6 Å². The van der Waals surface area contributed by atoms with Gasteiger partial charge in [0.15, 0.2) is 6.10 Å². The van der Waals surface area contributed by atoms with Crippen LogP contribution in [-0.2, 0) is 32.7 Å². The molecule has 1 rings (SSSR count). The lowest BCUT2D eigenvalue weighted by Gasteiger charge is -2.24. The summed E-state index contributed by atoms with van der Waals surface area (Å²) in [5.41, 5.74) is 0. The summed E-state index contributed by atoms with van der Waals surface area (Å²) in [4.78, 5) is 35.2. The summed E-state index contributed by atoms with van der Waals surface area (Å²) in [6, 6.07) is 0. The minimum absolute atomic E-state index is 0.0379. The summed E-state index contributed by atoms with van der Waals surface area (Å²) in [6.45, 7) is 2.19. The number of nitrogens with zero attached hydrogens (tertiary/aromatic N) is 1. The van der Waals surface area contributed by atoms with Crippen LogP contribution in [0.15, 0.2) is 0 Å². The molecule has 0 spiro atoms. The number of carbonyl (C=O) groups is 2. The second kappa shape index (κ2) is 28.7. The van der Waals surface area contributed by atoms with Gasteiger partial charge < -0.3 is 18.9 Å². The topological polar surface area (TPSA) is 108 Å². The number of quaternary nitrogens is 1. The van der Waals surface area contributed by atoms with Crippen molar-refractivity contribution in [1.29, 1.82) is 0 Å². The van der Waals surface area contributed by atoms with Crippen LogP contribution in [0.4, 0.5) is 0 Å². The molecule has 0 aromatic heterocycles. The highest BCUT2D eigenvalue weighted by Crippen LogP contribution is 2.43. The van der Waals surface area contributed by atoms with Crippen molar-refractivity contribution in [2.75, 3.05) is 47.5 Å². The van der Waals surface area contributed by atoms with Crippen molar-refractivity contribution in [2.45, 2.75) is 180 Å². The van der Waals surface area contributed by atoms with Crippen LogP contribution in [0.25, 0.3) is 0 Å². The fourth-order valence-electron chi connectivity index (χ4n) is 5.72. The molecule has 284 valence electrons. The van der Waals surface area contributed by atoms with Crippen LogP contribution in [0.2, 0.25) is 0 Å². The van der Waals surface area contributed by atoms with E-state index in [2.05, 4.69) is 6.92 Å². The maximum atomic E-state index is 12.6. The Hall–Kier alpha value is -0.990. The Labute approximate surface area is 294 Å². The molecule has 0 aromatic rings. The van der Waals surface area contributed by atoms with Gasteiger partial charge in [-0.25, -0.2) is 4.57 Å². The first kappa shape index (κ1) is 45.0. The molecule has 0 saturated heterocycles. The summed E-state index contributed by atoms with van der Waals surface area (Å²) in [5, 5.41) is 0. The number of ether oxygens (including phenoxy) is 2. The molecular formula is C38H75NO8P+. The molecule has 0 amide bonds. The average Bonchev–Trinajstić information content (AvgIpc) is 3.85. The zero-order chi connectivity index (χ0) is 35.4. The van der Waals surface area contributed by atoms with E-state index < -0.39 is 26.5 Å². The van der Waals surface area contributed by atoms with Crippen LogP contribution in [-0.4, -0.2) is 74.9 Å². The number of hydrogen-bond acceptors (Lipinski definition) is 7. The molecule has 9 nitrogen and oxygen atoms in total. The Balaban J connectivity index is 2.28. The summed E-state index contributed by atoms with van der Waals surface area (Å²) in [7, 11) is 1.49. The normalized spacial score (nSPS) is 15.3. The molecule has 1 fully saturated rings. The van der Waals surface area contributed by atoms with Gasteiger partial charge in [0, 0.05) is 12.8 Å². The number of esters is 2. The van der Waals surface area contributed by atoms with Crippen molar-refractivity contribution in [2.24, 2.45) is 5.92 Å². The highest BCUT2D eigenvalue weighted by molar-refractivity contribution is 7.47. The van der Waals surface area contributed by atoms with Crippen molar-refractivity contribution in [3.8, 4) is 0 Å². The Kier molecular flexibility index (Phi) is 26.9. The molecule has 0 radical (unpaired) electrons. The number of phosphoric ester groups is 1. The molecule has 0 bridgehead atoms. The first-order chi connectivity index (χ1) is 23.0. The molecule has 2 atom stereocenters. The third-order valence-corrected chi connectivity index (χ3v) is 10.1. The largest absolute Gasteiger partial charge is 0.472 e. The van der Waals surface area contributed by atoms with E-state index in [1.807, 2.05) is 21.1 Å². The van der Waals surface area contributed by atoms with Crippen molar-refractivity contribution >= 4 is 19.8 Å². The maximum absolute atomic E-state index is 12.6. The van der Waals surface area contributed by atoms with Crippen LogP contribution in [0, 0.1) is 5.92 Å². The SMILES string of the molecule is CCCCCCCCCCCCCCCC(=O)O[C@H](COC(=O)CCCCCCCCCCC1CC1)COP(=O)(O)OCC[N+](C)(C)C. The number of unbranched alkanes of at least 4 members (excludes halogenated alkanes) is 19. The second-order valence-electron chi connectivity index (χ2n) is 15.2. The van der Waals surface area contributed by atoms with Crippen molar-refractivity contribution in [3.05, 3.63) is 0 Å². The molecule has 0 heterocycles. The fourth-order valence-corrected chi connectivity index (χ4v) is 6.46. The first-order valence-electron chi connectivity index (χ1n) is 19.8. The molecule has 0 aliphatic heterocycles. The second-order valence-corrected chi connectivity index (χ2v) is 16.7. The zero-order valence-electron chi connectivity index (χ0n) is 31.6. The van der Waals surface area contributed by atoms with E-state index >= 15 is 0 Å². The van der Waals surface area contributed by atoms with E-state index in [1.165, 1.54) is 116 Å². The van der Waals surface area contributed by atoms with Gasteiger partial charge in [0.1, 0.15) is 19.8 Å². The monoisotopic (exact) mass is 705 g/mol. The summed E-state index contributed by atoms with van der Waals surface area (Å²) < 4.78 is 34.2. The number of phosphoric acid groups is 1. The summed E-state index contributed by atoms with van der Waals surface area (Å²) >= 11 is 0. The van der Waals surface area contributed by atoms with Crippen LogP contribution in [0.5, 0.6) is 0 Å². The highest BCUT2D eigenvalue weighted by atomic mass is 31.2. The minimum Gasteiger partial charge on any atom is -0.462 e. The Morgan fingerprint density at radius 3 is 1.60 bits per heavy atom. The Morgan fingerprint density at radius 2 is 1.12 bits per heavy atom. The van der Waals surface area contributed by atoms with E-state index in [-0.39, 0.29) is 25.6 Å². The first-order valence-corrected chi connectivity index (χ1v) is 21.3. The number of likely N-dealkylation sites (N-methyl/N-ethyl adjacent to an activating group) is 1. The number of hydrogen-bond donors (Lipinski definition) is 1. The van der Waals surface area contributed by atoms with E-state index in [0.29, 0.717) is 17.4 Å². The fraction of sp³-hybridized carbons (Fsp3) is 0.947. The molecule has 1 N–H and O–H groups in total. The average molecular weight is 705 g/mol. The van der Waals surface area contributed by atoms with Gasteiger partial charge >= 0.3 is 19.8 Å². The third-order valence-electron chi connectivity index (χ3n) is 9.09. The van der Waals surface area contributed by atoms with Crippen molar-refractivity contribution < 1.29 is 42.1 Å². The third kappa shape index (κ3) is 31.0. The van der Waals surface area contributed by atoms with Gasteiger partial charge in [0.05, 0.1) is 27.7 Å². The van der Waals surface area contributed by atoms with Crippen LogP contribution >= 0.6 is 7.82 Å². The van der Waals surface area contributed by atoms with Crippen LogP contribution < -0.4 is 0 Å². The van der Waals surface area contributed by atoms with Gasteiger partial charge in [-0.1, -0.05) is 148 Å². The van der Waals surface area contributed by atoms with Gasteiger partial charge in [-0.05, 0) is 18.8 Å².